The van der Waals surface area contributed by atoms with Crippen LogP contribution in [-0.2, 0) is 9.59 Å². The van der Waals surface area contributed by atoms with Crippen molar-refractivity contribution in [2.75, 3.05) is 19.6 Å². The van der Waals surface area contributed by atoms with Gasteiger partial charge in [0, 0.05) is 12.6 Å². The van der Waals surface area contributed by atoms with Gasteiger partial charge in [0.05, 0.1) is 13.1 Å². The Morgan fingerprint density at radius 1 is 1.67 bits per heavy atom. The number of hydrogen-bond acceptors (Lipinski definition) is 3. The first-order chi connectivity index (χ1) is 5.65. The van der Waals surface area contributed by atoms with Crippen LogP contribution in [-0.4, -0.2) is 42.4 Å². The number of nitrogens with one attached hydrogen (secondary N) is 1. The fraction of sp³-hybridized carbons (Fsp3) is 0.714. The predicted octanol–water partition coefficient (Wildman–Crippen LogP) is -1.71. The normalized spacial score (nSPS) is 20.7. The quantitative estimate of drug-likeness (QED) is 0.519. The zero-order valence-corrected chi connectivity index (χ0v) is 7.04. The standard InChI is InChI=1S/C7H13N3O2/c1-5(2-8)10-4-6(11)9-3-7(10)12/h5H,2-4,8H2,1H3,(H,9,11). The van der Waals surface area contributed by atoms with Gasteiger partial charge in [0.25, 0.3) is 0 Å². The van der Waals surface area contributed by atoms with Gasteiger partial charge in [0.15, 0.2) is 0 Å². The van der Waals surface area contributed by atoms with Crippen LogP contribution < -0.4 is 11.1 Å². The van der Waals surface area contributed by atoms with Crippen molar-refractivity contribution in [1.29, 1.82) is 0 Å². The molecule has 0 radical (unpaired) electrons. The fourth-order valence-electron chi connectivity index (χ4n) is 1.10. The van der Waals surface area contributed by atoms with E-state index in [-0.39, 0.29) is 30.9 Å². The van der Waals surface area contributed by atoms with Crippen molar-refractivity contribution in [3.63, 3.8) is 0 Å². The molecule has 0 spiro atoms. The van der Waals surface area contributed by atoms with E-state index in [1.807, 2.05) is 6.92 Å². The fourth-order valence-corrected chi connectivity index (χ4v) is 1.10. The predicted molar refractivity (Wildman–Crippen MR) is 43.2 cm³/mol. The van der Waals surface area contributed by atoms with Crippen LogP contribution in [0.1, 0.15) is 6.92 Å². The lowest BCUT2D eigenvalue weighted by molar-refractivity contribution is -0.142. The maximum absolute atomic E-state index is 11.2. The molecule has 1 aliphatic heterocycles. The zero-order chi connectivity index (χ0) is 9.14. The molecule has 1 unspecified atom stereocenters. The van der Waals surface area contributed by atoms with Gasteiger partial charge in [0.1, 0.15) is 0 Å². The molecule has 1 rings (SSSR count). The van der Waals surface area contributed by atoms with E-state index in [9.17, 15) is 9.59 Å². The summed E-state index contributed by atoms with van der Waals surface area (Å²) in [6.07, 6.45) is 0. The average Bonchev–Trinajstić information content (AvgIpc) is 2.08. The molecular weight excluding hydrogens is 158 g/mol. The highest BCUT2D eigenvalue weighted by molar-refractivity contribution is 5.92. The monoisotopic (exact) mass is 171 g/mol. The third-order valence-corrected chi connectivity index (χ3v) is 1.94. The van der Waals surface area contributed by atoms with Gasteiger partial charge in [-0.2, -0.15) is 0 Å². The van der Waals surface area contributed by atoms with Crippen LogP contribution in [0.2, 0.25) is 0 Å². The minimum absolute atomic E-state index is 0.0523. The Morgan fingerprint density at radius 3 is 2.92 bits per heavy atom. The second-order valence-electron chi connectivity index (χ2n) is 2.88. The van der Waals surface area contributed by atoms with E-state index < -0.39 is 0 Å². The van der Waals surface area contributed by atoms with Gasteiger partial charge in [-0.3, -0.25) is 9.59 Å². The molecule has 0 aromatic rings. The number of rotatable bonds is 2. The summed E-state index contributed by atoms with van der Waals surface area (Å²) in [6.45, 7) is 2.45. The van der Waals surface area contributed by atoms with E-state index in [0.717, 1.165) is 0 Å². The van der Waals surface area contributed by atoms with Crippen LogP contribution in [0.5, 0.6) is 0 Å². The minimum Gasteiger partial charge on any atom is -0.345 e. The number of nitrogens with zero attached hydrogens (tertiary/aromatic N) is 1. The molecule has 1 saturated heterocycles. The van der Waals surface area contributed by atoms with E-state index in [1.165, 1.54) is 4.90 Å². The summed E-state index contributed by atoms with van der Waals surface area (Å²) >= 11 is 0. The molecule has 0 aliphatic carbocycles. The van der Waals surface area contributed by atoms with Crippen molar-refractivity contribution >= 4 is 11.8 Å². The zero-order valence-electron chi connectivity index (χ0n) is 7.04. The molecule has 5 heteroatoms. The van der Waals surface area contributed by atoms with Crippen LogP contribution >= 0.6 is 0 Å². The molecule has 5 nitrogen and oxygen atoms in total. The van der Waals surface area contributed by atoms with Crippen LogP contribution in [0, 0.1) is 0 Å². The van der Waals surface area contributed by atoms with Gasteiger partial charge in [0.2, 0.25) is 11.8 Å². The molecule has 68 valence electrons. The van der Waals surface area contributed by atoms with Crippen LogP contribution in [0.3, 0.4) is 0 Å². The van der Waals surface area contributed by atoms with Crippen molar-refractivity contribution in [2.45, 2.75) is 13.0 Å². The first-order valence-electron chi connectivity index (χ1n) is 3.91. The Labute approximate surface area is 70.9 Å². The first kappa shape index (κ1) is 8.99. The summed E-state index contributed by atoms with van der Waals surface area (Å²) in [5, 5.41) is 2.47. The maximum Gasteiger partial charge on any atom is 0.242 e. The molecule has 2 amide bonds. The Morgan fingerprint density at radius 2 is 2.33 bits per heavy atom. The lowest BCUT2D eigenvalue weighted by atomic mass is 10.2. The van der Waals surface area contributed by atoms with Crippen molar-refractivity contribution in [1.82, 2.24) is 10.2 Å². The summed E-state index contributed by atoms with van der Waals surface area (Å²) in [5.74, 6) is -0.178. The Kier molecular flexibility index (Phi) is 2.65. The summed E-state index contributed by atoms with van der Waals surface area (Å²) in [7, 11) is 0. The lowest BCUT2D eigenvalue weighted by Crippen LogP contribution is -2.56. The number of piperazine rings is 1. The molecular formula is C7H13N3O2. The third kappa shape index (κ3) is 1.73. The molecule has 0 bridgehead atoms. The van der Waals surface area contributed by atoms with Gasteiger partial charge in [-0.15, -0.1) is 0 Å². The highest BCUT2D eigenvalue weighted by Crippen LogP contribution is 2.00. The largest absolute Gasteiger partial charge is 0.345 e. The summed E-state index contributed by atoms with van der Waals surface area (Å²) in [5.41, 5.74) is 5.38. The van der Waals surface area contributed by atoms with Gasteiger partial charge < -0.3 is 16.0 Å². The van der Waals surface area contributed by atoms with Crippen LogP contribution in [0.4, 0.5) is 0 Å². The number of amides is 2. The highest BCUT2D eigenvalue weighted by Gasteiger charge is 2.25. The highest BCUT2D eigenvalue weighted by atomic mass is 16.2. The number of carbonyl (C=O) groups is 2. The van der Waals surface area contributed by atoms with Gasteiger partial charge in [-0.1, -0.05) is 0 Å². The van der Waals surface area contributed by atoms with Gasteiger partial charge in [-0.25, -0.2) is 0 Å². The smallest absolute Gasteiger partial charge is 0.242 e. The van der Waals surface area contributed by atoms with Crippen molar-refractivity contribution in [3.05, 3.63) is 0 Å². The molecule has 1 atom stereocenters. The first-order valence-corrected chi connectivity index (χ1v) is 3.91. The Hall–Kier alpha value is -1.10. The third-order valence-electron chi connectivity index (χ3n) is 1.94. The Balaban J connectivity index is 2.60. The van der Waals surface area contributed by atoms with E-state index in [0.29, 0.717) is 6.54 Å². The molecule has 0 aromatic heterocycles. The SMILES string of the molecule is CC(CN)N1CC(=O)NCC1=O. The van der Waals surface area contributed by atoms with Crippen LogP contribution in [0.25, 0.3) is 0 Å². The molecule has 1 aliphatic rings. The van der Waals surface area contributed by atoms with E-state index in [1.54, 1.807) is 0 Å². The second-order valence-corrected chi connectivity index (χ2v) is 2.88. The second kappa shape index (κ2) is 3.53. The topological polar surface area (TPSA) is 75.4 Å². The number of hydrogen-bond donors (Lipinski definition) is 2. The van der Waals surface area contributed by atoms with Crippen molar-refractivity contribution < 1.29 is 9.59 Å². The number of carbonyl (C=O) groups excluding carboxylic acids is 2. The molecule has 1 fully saturated rings. The van der Waals surface area contributed by atoms with Gasteiger partial charge >= 0.3 is 0 Å². The van der Waals surface area contributed by atoms with Crippen molar-refractivity contribution in [3.8, 4) is 0 Å². The molecule has 0 aromatic carbocycles. The Bertz CT molecular complexity index is 205. The number of nitrogens with two attached hydrogens (primary N) is 1. The average molecular weight is 171 g/mol. The van der Waals surface area contributed by atoms with Crippen molar-refractivity contribution in [2.24, 2.45) is 5.73 Å². The van der Waals surface area contributed by atoms with E-state index in [4.69, 9.17) is 5.73 Å². The van der Waals surface area contributed by atoms with Gasteiger partial charge in [-0.05, 0) is 6.92 Å². The minimum atomic E-state index is -0.116. The molecule has 1 heterocycles. The van der Waals surface area contributed by atoms with E-state index in [2.05, 4.69) is 5.32 Å². The summed E-state index contributed by atoms with van der Waals surface area (Å²) < 4.78 is 0. The lowest BCUT2D eigenvalue weighted by Gasteiger charge is -2.31. The molecule has 3 N–H and O–H groups in total. The summed E-state index contributed by atoms with van der Waals surface area (Å²) in [6, 6.07) is -0.0523. The molecule has 12 heavy (non-hydrogen) atoms. The maximum atomic E-state index is 11.2. The summed E-state index contributed by atoms with van der Waals surface area (Å²) in [4.78, 5) is 23.6. The molecule has 0 saturated carbocycles. The van der Waals surface area contributed by atoms with Crippen LogP contribution in [0.15, 0.2) is 0 Å². The van der Waals surface area contributed by atoms with E-state index >= 15 is 0 Å².